The van der Waals surface area contributed by atoms with Crippen molar-refractivity contribution in [3.8, 4) is 11.1 Å². The summed E-state index contributed by atoms with van der Waals surface area (Å²) in [5, 5.41) is 11.4. The van der Waals surface area contributed by atoms with E-state index in [0.29, 0.717) is 12.8 Å². The first kappa shape index (κ1) is 23.2. The van der Waals surface area contributed by atoms with Gasteiger partial charge in [-0.2, -0.15) is 0 Å². The third-order valence-corrected chi connectivity index (χ3v) is 8.17. The molecule has 6 rings (SSSR count). The first-order valence-electron chi connectivity index (χ1n) is 12.7. The van der Waals surface area contributed by atoms with E-state index in [1.54, 1.807) is 4.90 Å². The summed E-state index contributed by atoms with van der Waals surface area (Å²) >= 11 is 0. The van der Waals surface area contributed by atoms with Crippen molar-refractivity contribution in [3.63, 3.8) is 0 Å². The van der Waals surface area contributed by atoms with Gasteiger partial charge in [0.05, 0.1) is 5.60 Å². The Bertz CT molecular complexity index is 1250. The minimum Gasteiger partial charge on any atom is -0.448 e. The summed E-state index contributed by atoms with van der Waals surface area (Å²) in [6.07, 6.45) is 2.80. The highest BCUT2D eigenvalue weighted by atomic mass is 19.1. The quantitative estimate of drug-likeness (QED) is 0.474. The molecule has 1 amide bonds. The van der Waals surface area contributed by atoms with Gasteiger partial charge >= 0.3 is 6.09 Å². The molecule has 0 aromatic heterocycles. The summed E-state index contributed by atoms with van der Waals surface area (Å²) in [5.41, 5.74) is 3.67. The molecule has 0 spiro atoms. The number of carbonyl (C=O) groups excluding carboxylic acids is 1. The molecule has 4 nitrogen and oxygen atoms in total. The highest BCUT2D eigenvalue weighted by molar-refractivity contribution is 5.79. The number of nitrogens with zero attached hydrogens (tertiary/aromatic N) is 1. The van der Waals surface area contributed by atoms with Crippen molar-refractivity contribution in [2.45, 2.75) is 62.1 Å². The van der Waals surface area contributed by atoms with Crippen molar-refractivity contribution >= 4 is 6.09 Å². The number of rotatable bonds is 4. The summed E-state index contributed by atoms with van der Waals surface area (Å²) in [6.45, 7) is 0.252. The molecule has 0 radical (unpaired) electrons. The number of ether oxygens (including phenoxy) is 1. The van der Waals surface area contributed by atoms with Gasteiger partial charge in [0.25, 0.3) is 0 Å². The molecule has 3 aliphatic rings. The molecule has 36 heavy (non-hydrogen) atoms. The lowest BCUT2D eigenvalue weighted by atomic mass is 9.73. The maximum absolute atomic E-state index is 14.3. The number of amides is 1. The van der Waals surface area contributed by atoms with E-state index in [1.807, 2.05) is 24.3 Å². The Kier molecular flexibility index (Phi) is 5.79. The van der Waals surface area contributed by atoms with Crippen LogP contribution in [0, 0.1) is 11.6 Å². The number of halogens is 2. The molecule has 6 heteroatoms. The fourth-order valence-corrected chi connectivity index (χ4v) is 6.67. The van der Waals surface area contributed by atoms with Crippen LogP contribution in [0.15, 0.2) is 66.7 Å². The van der Waals surface area contributed by atoms with Gasteiger partial charge in [-0.15, -0.1) is 0 Å². The first-order valence-corrected chi connectivity index (χ1v) is 12.7. The van der Waals surface area contributed by atoms with E-state index in [4.69, 9.17) is 4.74 Å². The number of aliphatic hydroxyl groups is 1. The fraction of sp³-hybridized carbons (Fsp3) is 0.367. The molecule has 2 unspecified atom stereocenters. The van der Waals surface area contributed by atoms with E-state index in [0.717, 1.165) is 48.6 Å². The van der Waals surface area contributed by atoms with Gasteiger partial charge in [0.15, 0.2) is 0 Å². The van der Waals surface area contributed by atoms with Gasteiger partial charge in [0.1, 0.15) is 18.2 Å². The largest absolute Gasteiger partial charge is 0.448 e. The Morgan fingerprint density at radius 1 is 0.944 bits per heavy atom. The lowest BCUT2D eigenvalue weighted by Gasteiger charge is -2.51. The van der Waals surface area contributed by atoms with Gasteiger partial charge in [0, 0.05) is 24.4 Å². The molecule has 2 heterocycles. The Balaban J connectivity index is 1.17. The van der Waals surface area contributed by atoms with Crippen LogP contribution in [0.5, 0.6) is 0 Å². The van der Waals surface area contributed by atoms with E-state index < -0.39 is 17.2 Å². The van der Waals surface area contributed by atoms with Gasteiger partial charge in [-0.25, -0.2) is 13.6 Å². The third kappa shape index (κ3) is 4.07. The van der Waals surface area contributed by atoms with Crippen molar-refractivity contribution in [3.05, 3.63) is 95.1 Å². The van der Waals surface area contributed by atoms with E-state index in [9.17, 15) is 18.7 Å². The fourth-order valence-electron chi connectivity index (χ4n) is 6.67. The molecule has 3 aromatic rings. The average Bonchev–Trinajstić information content (AvgIpc) is 3.18. The Morgan fingerprint density at radius 3 is 2.19 bits per heavy atom. The second-order valence-corrected chi connectivity index (χ2v) is 10.5. The summed E-state index contributed by atoms with van der Waals surface area (Å²) in [5.74, 6) is -1.06. The van der Waals surface area contributed by atoms with Crippen LogP contribution in [0.3, 0.4) is 0 Å². The predicted molar refractivity (Wildman–Crippen MR) is 133 cm³/mol. The zero-order valence-electron chi connectivity index (χ0n) is 20.0. The Labute approximate surface area is 209 Å². The summed E-state index contributed by atoms with van der Waals surface area (Å²) in [6, 6.07) is 19.4. The van der Waals surface area contributed by atoms with Crippen molar-refractivity contribution in [1.82, 2.24) is 4.90 Å². The minimum atomic E-state index is -1.19. The maximum Gasteiger partial charge on any atom is 0.410 e. The average molecular weight is 490 g/mol. The zero-order valence-corrected chi connectivity index (χ0v) is 20.0. The van der Waals surface area contributed by atoms with Gasteiger partial charge in [-0.3, -0.25) is 0 Å². The van der Waals surface area contributed by atoms with Crippen LogP contribution in [0.25, 0.3) is 11.1 Å². The van der Waals surface area contributed by atoms with Crippen molar-refractivity contribution < 1.29 is 23.4 Å². The molecule has 2 saturated heterocycles. The van der Waals surface area contributed by atoms with Gasteiger partial charge in [-0.1, -0.05) is 48.5 Å². The maximum atomic E-state index is 14.3. The number of hydrogen-bond acceptors (Lipinski definition) is 3. The van der Waals surface area contributed by atoms with Crippen LogP contribution >= 0.6 is 0 Å². The second kappa shape index (κ2) is 9.00. The normalized spacial score (nSPS) is 24.8. The van der Waals surface area contributed by atoms with Gasteiger partial charge in [-0.05, 0) is 78.1 Å². The molecule has 3 aromatic carbocycles. The number of carbonyl (C=O) groups is 1. The van der Waals surface area contributed by atoms with Gasteiger partial charge in [0.2, 0.25) is 0 Å². The molecular formula is C30H29F2NO3. The lowest BCUT2D eigenvalue weighted by molar-refractivity contribution is -0.0843. The van der Waals surface area contributed by atoms with E-state index in [-0.39, 0.29) is 42.7 Å². The molecule has 2 atom stereocenters. The molecular weight excluding hydrogens is 460 g/mol. The molecule has 2 fully saturated rings. The van der Waals surface area contributed by atoms with Crippen molar-refractivity contribution in [1.29, 1.82) is 0 Å². The van der Waals surface area contributed by atoms with Crippen LogP contribution < -0.4 is 0 Å². The van der Waals surface area contributed by atoms with Crippen molar-refractivity contribution in [2.75, 3.05) is 6.61 Å². The SMILES string of the molecule is O=C(OCC1c2ccccc2-c2ccccc21)N1C2CCCC1CC(O)(Cc1cc(F)ccc1F)C2. The summed E-state index contributed by atoms with van der Waals surface area (Å²) in [7, 11) is 0. The number of piperidine rings is 2. The van der Waals surface area contributed by atoms with Crippen LogP contribution in [-0.4, -0.2) is 40.4 Å². The van der Waals surface area contributed by atoms with Gasteiger partial charge < -0.3 is 14.7 Å². The summed E-state index contributed by atoms with van der Waals surface area (Å²) < 4.78 is 33.9. The molecule has 1 N–H and O–H groups in total. The lowest BCUT2D eigenvalue weighted by Crippen LogP contribution is -2.60. The van der Waals surface area contributed by atoms with E-state index >= 15 is 0 Å². The molecule has 2 aliphatic heterocycles. The van der Waals surface area contributed by atoms with Crippen molar-refractivity contribution in [2.24, 2.45) is 0 Å². The number of fused-ring (bicyclic) bond motifs is 5. The highest BCUT2D eigenvalue weighted by Gasteiger charge is 2.48. The molecule has 0 saturated carbocycles. The molecule has 186 valence electrons. The number of benzene rings is 3. The Morgan fingerprint density at radius 2 is 1.56 bits per heavy atom. The van der Waals surface area contributed by atoms with Crippen LogP contribution in [0.4, 0.5) is 13.6 Å². The zero-order chi connectivity index (χ0) is 24.9. The Hall–Kier alpha value is -3.25. The topological polar surface area (TPSA) is 49.8 Å². The predicted octanol–water partition coefficient (Wildman–Crippen LogP) is 6.20. The number of hydrogen-bond donors (Lipinski definition) is 1. The van der Waals surface area contributed by atoms with E-state index in [1.165, 1.54) is 11.1 Å². The van der Waals surface area contributed by atoms with Crippen LogP contribution in [0.1, 0.15) is 54.7 Å². The second-order valence-electron chi connectivity index (χ2n) is 10.5. The standard InChI is InChI=1S/C30H29F2NO3/c31-20-12-13-28(32)19(14-20)15-30(35)16-21-6-5-7-22(17-30)33(21)29(34)36-18-27-25-10-3-1-8-23(25)24-9-2-4-11-26(24)27/h1-4,8-14,21-22,27,35H,5-7,15-18H2. The highest BCUT2D eigenvalue weighted by Crippen LogP contribution is 2.45. The van der Waals surface area contributed by atoms with Crippen LogP contribution in [-0.2, 0) is 11.2 Å². The molecule has 1 aliphatic carbocycles. The summed E-state index contributed by atoms with van der Waals surface area (Å²) in [4.78, 5) is 15.2. The third-order valence-electron chi connectivity index (χ3n) is 8.17. The van der Waals surface area contributed by atoms with E-state index in [2.05, 4.69) is 24.3 Å². The first-order chi connectivity index (χ1) is 17.4. The monoisotopic (exact) mass is 489 g/mol. The molecule has 2 bridgehead atoms. The minimum absolute atomic E-state index is 0.0149. The smallest absolute Gasteiger partial charge is 0.410 e. The van der Waals surface area contributed by atoms with Crippen LogP contribution in [0.2, 0.25) is 0 Å².